The van der Waals surface area contributed by atoms with Gasteiger partial charge < -0.3 is 33.3 Å². The maximum absolute atomic E-state index is 14.2. The number of aryl methyl sites for hydroxylation is 1. The Morgan fingerprint density at radius 1 is 0.820 bits per heavy atom. The normalized spacial score (nSPS) is 21.8. The van der Waals surface area contributed by atoms with Gasteiger partial charge in [0.1, 0.15) is 18.1 Å². The van der Waals surface area contributed by atoms with Gasteiger partial charge >= 0.3 is 0 Å². The van der Waals surface area contributed by atoms with Crippen LogP contribution >= 0.6 is 0 Å². The summed E-state index contributed by atoms with van der Waals surface area (Å²) in [7, 11) is -0.457. The van der Waals surface area contributed by atoms with Gasteiger partial charge in [-0.15, -0.1) is 0 Å². The Hall–Kier alpha value is -3.23. The third-order valence-electron chi connectivity index (χ3n) is 9.79. The van der Waals surface area contributed by atoms with Crippen LogP contribution in [0.15, 0.2) is 71.6 Å². The van der Waals surface area contributed by atoms with E-state index in [4.69, 9.17) is 28.4 Å². The van der Waals surface area contributed by atoms with Crippen molar-refractivity contribution in [3.8, 4) is 11.5 Å². The van der Waals surface area contributed by atoms with Crippen molar-refractivity contribution >= 4 is 15.7 Å². The fourth-order valence-electron chi connectivity index (χ4n) is 6.97. The number of ether oxygens (including phenoxy) is 6. The molecule has 50 heavy (non-hydrogen) atoms. The fraction of sp³-hybridized carbons (Fsp3) is 0.526. The molecule has 2 fully saturated rings. The molecule has 0 aromatic heterocycles. The van der Waals surface area contributed by atoms with Gasteiger partial charge in [-0.2, -0.15) is 4.31 Å². The van der Waals surface area contributed by atoms with Crippen LogP contribution in [0, 0.1) is 6.92 Å². The third kappa shape index (κ3) is 8.97. The first-order chi connectivity index (χ1) is 24.4. The molecule has 3 atom stereocenters. The number of rotatable bonds is 15. The second-order valence-corrected chi connectivity index (χ2v) is 15.1. The quantitative estimate of drug-likeness (QED) is 0.212. The molecule has 0 N–H and O–H groups in total. The minimum Gasteiger partial charge on any atom is -0.497 e. The number of morpholine rings is 1. The number of benzene rings is 3. The van der Waals surface area contributed by atoms with Gasteiger partial charge in [-0.3, -0.25) is 4.90 Å². The molecule has 11 nitrogen and oxygen atoms in total. The summed E-state index contributed by atoms with van der Waals surface area (Å²) in [4.78, 5) is 4.91. The molecule has 2 saturated heterocycles. The van der Waals surface area contributed by atoms with Gasteiger partial charge in [0, 0.05) is 58.9 Å². The minimum atomic E-state index is -3.83. The molecule has 3 heterocycles. The first kappa shape index (κ1) is 36.6. The van der Waals surface area contributed by atoms with E-state index in [1.165, 1.54) is 0 Å². The van der Waals surface area contributed by atoms with Crippen LogP contribution in [0.3, 0.4) is 0 Å². The van der Waals surface area contributed by atoms with Gasteiger partial charge in [-0.1, -0.05) is 35.9 Å². The molecule has 3 aromatic carbocycles. The van der Waals surface area contributed by atoms with Crippen LogP contribution in [0.25, 0.3) is 0 Å². The van der Waals surface area contributed by atoms with Gasteiger partial charge in [-0.25, -0.2) is 8.42 Å². The molecule has 6 rings (SSSR count). The van der Waals surface area contributed by atoms with Crippen molar-refractivity contribution in [3.05, 3.63) is 83.4 Å². The Morgan fingerprint density at radius 2 is 1.56 bits per heavy atom. The number of nitrogens with zero attached hydrogens (tertiary/aromatic N) is 3. The first-order valence-electron chi connectivity index (χ1n) is 17.6. The highest BCUT2D eigenvalue weighted by atomic mass is 32.2. The van der Waals surface area contributed by atoms with Gasteiger partial charge in [0.2, 0.25) is 10.0 Å². The van der Waals surface area contributed by atoms with E-state index in [0.717, 1.165) is 73.0 Å². The van der Waals surface area contributed by atoms with E-state index in [1.807, 2.05) is 55.5 Å². The average Bonchev–Trinajstić information content (AvgIpc) is 3.14. The second-order valence-electron chi connectivity index (χ2n) is 13.1. The van der Waals surface area contributed by atoms with E-state index >= 15 is 0 Å². The number of piperidine rings is 1. The smallest absolute Gasteiger partial charge is 0.243 e. The summed E-state index contributed by atoms with van der Waals surface area (Å²) < 4.78 is 65.6. The van der Waals surface area contributed by atoms with Crippen LogP contribution in [-0.2, 0) is 35.6 Å². The molecular formula is C38H51N3O8S. The molecular weight excluding hydrogens is 658 g/mol. The fourth-order valence-corrected chi connectivity index (χ4v) is 8.43. The van der Waals surface area contributed by atoms with Crippen LogP contribution in [-0.4, -0.2) is 123 Å². The molecule has 0 aliphatic carbocycles. The van der Waals surface area contributed by atoms with Crippen molar-refractivity contribution in [3.63, 3.8) is 0 Å². The zero-order valence-corrected chi connectivity index (χ0v) is 30.3. The van der Waals surface area contributed by atoms with Crippen molar-refractivity contribution in [2.24, 2.45) is 0 Å². The van der Waals surface area contributed by atoms with Crippen molar-refractivity contribution in [1.82, 2.24) is 9.21 Å². The summed E-state index contributed by atoms with van der Waals surface area (Å²) in [5.74, 6) is 1.39. The first-order valence-corrected chi connectivity index (χ1v) is 19.0. The van der Waals surface area contributed by atoms with Crippen molar-refractivity contribution in [2.75, 3.05) is 98.0 Å². The number of sulfonamides is 1. The lowest BCUT2D eigenvalue weighted by Gasteiger charge is -2.43. The minimum absolute atomic E-state index is 0.188. The Morgan fingerprint density at radius 3 is 2.28 bits per heavy atom. The van der Waals surface area contributed by atoms with Gasteiger partial charge in [0.15, 0.2) is 0 Å². The van der Waals surface area contributed by atoms with Crippen LogP contribution in [0.4, 0.5) is 5.69 Å². The largest absolute Gasteiger partial charge is 0.497 e. The molecule has 272 valence electrons. The maximum atomic E-state index is 14.2. The molecule has 0 spiro atoms. The van der Waals surface area contributed by atoms with E-state index in [-0.39, 0.29) is 23.9 Å². The summed E-state index contributed by atoms with van der Waals surface area (Å²) in [6.45, 7) is 9.97. The Bertz CT molecular complexity index is 1620. The van der Waals surface area contributed by atoms with E-state index < -0.39 is 22.2 Å². The Labute approximate surface area is 297 Å². The molecule has 0 unspecified atom stereocenters. The lowest BCUT2D eigenvalue weighted by atomic mass is 9.85. The predicted octanol–water partition coefficient (Wildman–Crippen LogP) is 4.33. The second kappa shape index (κ2) is 17.3. The average molecular weight is 710 g/mol. The van der Waals surface area contributed by atoms with Crippen LogP contribution in [0.1, 0.15) is 29.0 Å². The Kier molecular flexibility index (Phi) is 12.7. The lowest BCUT2D eigenvalue weighted by molar-refractivity contribution is -0.0835. The summed E-state index contributed by atoms with van der Waals surface area (Å²) >= 11 is 0. The predicted molar refractivity (Wildman–Crippen MR) is 192 cm³/mol. The summed E-state index contributed by atoms with van der Waals surface area (Å²) in [6, 6.07) is 21.1. The van der Waals surface area contributed by atoms with Crippen molar-refractivity contribution in [1.29, 1.82) is 0 Å². The highest BCUT2D eigenvalue weighted by Gasteiger charge is 2.43. The molecule has 3 aliphatic heterocycles. The lowest BCUT2D eigenvalue weighted by Crippen LogP contribution is -2.54. The van der Waals surface area contributed by atoms with Crippen LogP contribution < -0.4 is 14.4 Å². The number of methoxy groups -OCH3 is 2. The topological polar surface area (TPSA) is 99.2 Å². The molecule has 3 aliphatic rings. The van der Waals surface area contributed by atoms with Gasteiger partial charge in [0.05, 0.1) is 62.9 Å². The summed E-state index contributed by atoms with van der Waals surface area (Å²) in [6.07, 6.45) is -0.0204. The van der Waals surface area contributed by atoms with E-state index in [1.54, 1.807) is 30.7 Å². The highest BCUT2D eigenvalue weighted by Crippen LogP contribution is 2.37. The number of anilines is 1. The Balaban J connectivity index is 1.28. The SMILES string of the molecule is COCCCN1CCOc2ccc(CO[C@H]3CN(S(=O)(=O)c4ccc(C)cc4)C[C@@H](OCCN4CCOCC4)[C@@H]3c3ccc(OC)cc3)cc21. The molecule has 0 bridgehead atoms. The van der Waals surface area contributed by atoms with E-state index in [2.05, 4.69) is 15.9 Å². The third-order valence-corrected chi connectivity index (χ3v) is 11.6. The molecule has 0 radical (unpaired) electrons. The summed E-state index contributed by atoms with van der Waals surface area (Å²) in [5, 5.41) is 0. The highest BCUT2D eigenvalue weighted by molar-refractivity contribution is 7.89. The molecule has 0 saturated carbocycles. The molecule has 12 heteroatoms. The van der Waals surface area contributed by atoms with Crippen LogP contribution in [0.5, 0.6) is 11.5 Å². The zero-order valence-electron chi connectivity index (χ0n) is 29.5. The standard InChI is InChI=1S/C38H51N3O8S/c1-29-5-12-33(13-6-29)50(42,43)41-26-36(48-23-18-39-16-21-46-22-17-39)38(31-8-10-32(45-3)11-9-31)37(27-41)49-28-30-7-14-35-34(25-30)40(19-24-47-35)15-4-20-44-2/h5-14,25,36-38H,4,15-24,26-28H2,1-3H3/t36-,37+,38+/m1/s1. The summed E-state index contributed by atoms with van der Waals surface area (Å²) in [5.41, 5.74) is 4.04. The molecule has 0 amide bonds. The zero-order chi connectivity index (χ0) is 34.9. The van der Waals surface area contributed by atoms with Crippen LogP contribution in [0.2, 0.25) is 0 Å². The van der Waals surface area contributed by atoms with Gasteiger partial charge in [-0.05, 0) is 60.9 Å². The van der Waals surface area contributed by atoms with Crippen molar-refractivity contribution < 1.29 is 36.8 Å². The number of hydrogen-bond acceptors (Lipinski definition) is 10. The number of fused-ring (bicyclic) bond motifs is 1. The van der Waals surface area contributed by atoms with E-state index in [9.17, 15) is 8.42 Å². The molecule has 3 aromatic rings. The van der Waals surface area contributed by atoms with Crippen molar-refractivity contribution in [2.45, 2.75) is 43.0 Å². The van der Waals surface area contributed by atoms with Gasteiger partial charge in [0.25, 0.3) is 0 Å². The maximum Gasteiger partial charge on any atom is 0.243 e. The monoisotopic (exact) mass is 709 g/mol. The number of hydrogen-bond donors (Lipinski definition) is 0. The van der Waals surface area contributed by atoms with E-state index in [0.29, 0.717) is 39.6 Å².